The Kier molecular flexibility index (Phi) is 6.85. The zero-order valence-electron chi connectivity index (χ0n) is 15.7. The van der Waals surface area contributed by atoms with Crippen molar-refractivity contribution in [1.29, 1.82) is 0 Å². The maximum absolute atomic E-state index is 10.6. The van der Waals surface area contributed by atoms with E-state index in [1.807, 2.05) is 10.9 Å². The van der Waals surface area contributed by atoms with Crippen LogP contribution in [-0.2, 0) is 29.2 Å². The molecule has 0 aromatic carbocycles. The van der Waals surface area contributed by atoms with Gasteiger partial charge >= 0.3 is 12.1 Å². The first kappa shape index (κ1) is 21.2. The summed E-state index contributed by atoms with van der Waals surface area (Å²) < 4.78 is 41.5. The number of hydrogen-bond acceptors (Lipinski definition) is 6. The molecule has 29 heavy (non-hydrogen) atoms. The first-order valence-electron chi connectivity index (χ1n) is 9.24. The smallest absolute Gasteiger partial charge is 0.475 e. The van der Waals surface area contributed by atoms with Gasteiger partial charge in [-0.25, -0.2) is 14.8 Å². The number of fused-ring (bicyclic) bond motifs is 1. The summed E-state index contributed by atoms with van der Waals surface area (Å²) in [5.74, 6) is -0.416. The highest BCUT2D eigenvalue weighted by Crippen LogP contribution is 2.21. The van der Waals surface area contributed by atoms with Gasteiger partial charge < -0.3 is 14.4 Å². The lowest BCUT2D eigenvalue weighted by molar-refractivity contribution is -0.192. The van der Waals surface area contributed by atoms with E-state index in [1.165, 1.54) is 12.2 Å². The van der Waals surface area contributed by atoms with E-state index in [0.29, 0.717) is 11.8 Å². The maximum atomic E-state index is 10.6. The number of aliphatic carboxylic acids is 1. The Labute approximate surface area is 165 Å². The Morgan fingerprint density at radius 3 is 2.69 bits per heavy atom. The minimum atomic E-state index is -5.08. The van der Waals surface area contributed by atoms with Crippen LogP contribution in [-0.4, -0.2) is 72.8 Å². The Bertz CT molecular complexity index is 774. The van der Waals surface area contributed by atoms with Crippen LogP contribution in [0.3, 0.4) is 0 Å². The van der Waals surface area contributed by atoms with Gasteiger partial charge in [-0.3, -0.25) is 9.58 Å². The van der Waals surface area contributed by atoms with Crippen molar-refractivity contribution in [2.45, 2.75) is 32.2 Å². The van der Waals surface area contributed by atoms with Crippen molar-refractivity contribution in [2.75, 3.05) is 26.3 Å². The van der Waals surface area contributed by atoms with Crippen LogP contribution in [0.1, 0.15) is 12.2 Å². The highest BCUT2D eigenvalue weighted by atomic mass is 19.4. The number of aromatic nitrogens is 5. The van der Waals surface area contributed by atoms with Crippen molar-refractivity contribution >= 4 is 5.97 Å². The zero-order valence-corrected chi connectivity index (χ0v) is 15.7. The lowest BCUT2D eigenvalue weighted by Crippen LogP contribution is -2.34. The van der Waals surface area contributed by atoms with Gasteiger partial charge in [0.25, 0.3) is 0 Å². The molecule has 0 spiro atoms. The molecule has 2 aliphatic rings. The highest BCUT2D eigenvalue weighted by molar-refractivity contribution is 5.73. The molecule has 1 saturated heterocycles. The van der Waals surface area contributed by atoms with Crippen molar-refractivity contribution in [3.8, 4) is 0 Å². The van der Waals surface area contributed by atoms with E-state index in [0.717, 1.165) is 45.9 Å². The molecule has 4 heterocycles. The molecule has 2 aliphatic heterocycles. The second kappa shape index (κ2) is 9.35. The average molecular weight is 416 g/mol. The number of carboxylic acid groups (broad SMARTS) is 1. The standard InChI is InChI=1S/C15H22N6O.C2HF3O2/c1-4-22-10-13(1)5-19-6-14(8-21-12-16-11-18-21)7-20-3-2-17-15(20)9-19;3-2(4,5)1(6)7/h2-3,11-14H,1,4-10H2;(H,6,7). The largest absolute Gasteiger partial charge is 0.490 e. The molecule has 2 aromatic rings. The van der Waals surface area contributed by atoms with Gasteiger partial charge in [0.15, 0.2) is 0 Å². The van der Waals surface area contributed by atoms with Gasteiger partial charge in [0.2, 0.25) is 0 Å². The SMILES string of the molecule is O=C(O)C(F)(F)F.c1cn2c(n1)CN(CC1CCOC1)CC(Cn1cncn1)C2. The molecular weight excluding hydrogens is 393 g/mol. The third-order valence-electron chi connectivity index (χ3n) is 4.83. The van der Waals surface area contributed by atoms with Crippen LogP contribution in [0.15, 0.2) is 25.0 Å². The zero-order chi connectivity index (χ0) is 20.9. The van der Waals surface area contributed by atoms with E-state index < -0.39 is 12.1 Å². The van der Waals surface area contributed by atoms with Gasteiger partial charge in [0, 0.05) is 51.1 Å². The lowest BCUT2D eigenvalue weighted by atomic mass is 10.1. The molecule has 0 amide bonds. The van der Waals surface area contributed by atoms with Crippen LogP contribution < -0.4 is 0 Å². The molecule has 2 aromatic heterocycles. The van der Waals surface area contributed by atoms with Crippen molar-refractivity contribution < 1.29 is 27.8 Å². The summed E-state index contributed by atoms with van der Waals surface area (Å²) in [4.78, 5) is 20.0. The van der Waals surface area contributed by atoms with Crippen LogP contribution in [0.2, 0.25) is 0 Å². The minimum absolute atomic E-state index is 0.513. The molecule has 1 fully saturated rings. The second-order valence-electron chi connectivity index (χ2n) is 7.21. The molecule has 0 aliphatic carbocycles. The van der Waals surface area contributed by atoms with Crippen LogP contribution in [0.5, 0.6) is 0 Å². The molecule has 4 rings (SSSR count). The number of hydrogen-bond donors (Lipinski definition) is 1. The summed E-state index contributed by atoms with van der Waals surface area (Å²) in [6.07, 6.45) is 3.50. The summed E-state index contributed by atoms with van der Waals surface area (Å²) in [5, 5.41) is 11.4. The molecule has 0 saturated carbocycles. The lowest BCUT2D eigenvalue weighted by Gasteiger charge is -2.25. The molecule has 160 valence electrons. The maximum Gasteiger partial charge on any atom is 0.490 e. The number of rotatable bonds is 4. The predicted molar refractivity (Wildman–Crippen MR) is 93.6 cm³/mol. The van der Waals surface area contributed by atoms with Gasteiger partial charge in [-0.05, 0) is 12.3 Å². The predicted octanol–water partition coefficient (Wildman–Crippen LogP) is 1.28. The van der Waals surface area contributed by atoms with E-state index in [2.05, 4.69) is 30.7 Å². The monoisotopic (exact) mass is 416 g/mol. The third kappa shape index (κ3) is 6.26. The van der Waals surface area contributed by atoms with E-state index >= 15 is 0 Å². The van der Waals surface area contributed by atoms with Crippen molar-refractivity contribution in [2.24, 2.45) is 11.8 Å². The minimum Gasteiger partial charge on any atom is -0.475 e. The Morgan fingerprint density at radius 2 is 2.07 bits per heavy atom. The number of halogens is 3. The van der Waals surface area contributed by atoms with Crippen molar-refractivity contribution in [3.05, 3.63) is 30.9 Å². The summed E-state index contributed by atoms with van der Waals surface area (Å²) in [7, 11) is 0. The van der Waals surface area contributed by atoms with E-state index in [4.69, 9.17) is 14.6 Å². The van der Waals surface area contributed by atoms with Crippen LogP contribution >= 0.6 is 0 Å². The molecule has 2 atom stereocenters. The number of carbonyl (C=O) groups is 1. The van der Waals surface area contributed by atoms with Gasteiger partial charge in [-0.1, -0.05) is 0 Å². The number of alkyl halides is 3. The van der Waals surface area contributed by atoms with Crippen LogP contribution in [0.25, 0.3) is 0 Å². The molecule has 1 N–H and O–H groups in total. The highest BCUT2D eigenvalue weighted by Gasteiger charge is 2.38. The summed E-state index contributed by atoms with van der Waals surface area (Å²) in [6.45, 7) is 6.80. The fourth-order valence-electron chi connectivity index (χ4n) is 3.56. The Balaban J connectivity index is 0.000000298. The molecule has 0 radical (unpaired) electrons. The number of nitrogens with zero attached hydrogens (tertiary/aromatic N) is 6. The molecule has 9 nitrogen and oxygen atoms in total. The van der Waals surface area contributed by atoms with Crippen LogP contribution in [0, 0.1) is 11.8 Å². The number of ether oxygens (including phenoxy) is 1. The summed E-state index contributed by atoms with van der Waals surface area (Å²) in [6, 6.07) is 0. The van der Waals surface area contributed by atoms with Crippen LogP contribution in [0.4, 0.5) is 13.2 Å². The molecule has 0 bridgehead atoms. The molecular formula is C17H23F3N6O3. The normalized spacial score (nSPS) is 22.4. The Hall–Kier alpha value is -2.47. The summed E-state index contributed by atoms with van der Waals surface area (Å²) in [5.41, 5.74) is 0. The molecule has 2 unspecified atom stereocenters. The quantitative estimate of drug-likeness (QED) is 0.802. The number of carboxylic acids is 1. The first-order valence-corrected chi connectivity index (χ1v) is 9.24. The first-order chi connectivity index (χ1) is 13.8. The van der Waals surface area contributed by atoms with Crippen molar-refractivity contribution in [3.63, 3.8) is 0 Å². The van der Waals surface area contributed by atoms with E-state index in [-0.39, 0.29) is 0 Å². The second-order valence-corrected chi connectivity index (χ2v) is 7.21. The van der Waals surface area contributed by atoms with Crippen molar-refractivity contribution in [1.82, 2.24) is 29.2 Å². The van der Waals surface area contributed by atoms with Gasteiger partial charge in [0.1, 0.15) is 18.5 Å². The van der Waals surface area contributed by atoms with E-state index in [9.17, 15) is 13.2 Å². The average Bonchev–Trinajstić information content (AvgIpc) is 3.38. The topological polar surface area (TPSA) is 98.3 Å². The number of imidazole rings is 1. The fraction of sp³-hybridized carbons (Fsp3) is 0.647. The van der Waals surface area contributed by atoms with E-state index in [1.54, 1.807) is 12.7 Å². The van der Waals surface area contributed by atoms with Gasteiger partial charge in [-0.15, -0.1) is 0 Å². The van der Waals surface area contributed by atoms with Gasteiger partial charge in [0.05, 0.1) is 13.2 Å². The fourth-order valence-corrected chi connectivity index (χ4v) is 3.56. The van der Waals surface area contributed by atoms with Gasteiger partial charge in [-0.2, -0.15) is 18.3 Å². The Morgan fingerprint density at radius 1 is 1.28 bits per heavy atom. The summed E-state index contributed by atoms with van der Waals surface area (Å²) >= 11 is 0. The third-order valence-corrected chi connectivity index (χ3v) is 4.83. The molecule has 12 heteroatoms.